The maximum atomic E-state index is 13.6. The summed E-state index contributed by atoms with van der Waals surface area (Å²) in [7, 11) is 0. The zero-order chi connectivity index (χ0) is 31.6. The summed E-state index contributed by atoms with van der Waals surface area (Å²) in [6.45, 7) is 7.10. The van der Waals surface area contributed by atoms with Crippen LogP contribution in [0, 0.1) is 13.8 Å². The summed E-state index contributed by atoms with van der Waals surface area (Å²) in [6.07, 6.45) is 9.67. The molecule has 1 atom stereocenters. The van der Waals surface area contributed by atoms with E-state index in [1.807, 2.05) is 54.7 Å². The monoisotopic (exact) mass is 617 g/mol. The zero-order valence-corrected chi connectivity index (χ0v) is 26.2. The Bertz CT molecular complexity index is 1870. The average Bonchev–Trinajstić information content (AvgIpc) is 3.71. The predicted molar refractivity (Wildman–Crippen MR) is 176 cm³/mol. The fourth-order valence-corrected chi connectivity index (χ4v) is 6.89. The molecule has 0 bridgehead atoms. The number of hydrogen-bond acceptors (Lipinski definition) is 6. The van der Waals surface area contributed by atoms with Gasteiger partial charge < -0.3 is 20.1 Å². The van der Waals surface area contributed by atoms with Gasteiger partial charge in [0.2, 0.25) is 5.91 Å². The number of piperidine rings is 1. The van der Waals surface area contributed by atoms with Crippen LogP contribution in [0.5, 0.6) is 0 Å². The SMILES string of the molecule is Cc1cc(Cn2ccnc2C(Cc2cc(C)c3[nH]ncc3c2)NC(=O)CN2CCC(N3Cc4ccccc4NC3=O)CC2)ccn1. The number of fused-ring (bicyclic) bond motifs is 2. The van der Waals surface area contributed by atoms with E-state index in [1.54, 1.807) is 6.20 Å². The first-order valence-corrected chi connectivity index (χ1v) is 15.9. The smallest absolute Gasteiger partial charge is 0.322 e. The first-order chi connectivity index (χ1) is 22.4. The minimum atomic E-state index is -0.330. The Balaban J connectivity index is 1.04. The topological polar surface area (TPSA) is 124 Å². The third-order valence-electron chi connectivity index (χ3n) is 9.18. The highest BCUT2D eigenvalue weighted by molar-refractivity contribution is 5.92. The number of amides is 3. The number of H-pyrrole nitrogens is 1. The fourth-order valence-electron chi connectivity index (χ4n) is 6.89. The standard InChI is InChI=1S/C35H39N9O2/c1-23-15-26(17-28-19-38-41-33(23)28)18-31(34-37-11-14-43(34)20-25-7-10-36-24(2)16-25)39-32(45)22-42-12-8-29(9-13-42)44-21-27-5-3-4-6-30(27)40-35(44)46/h3-7,10-11,14-17,19,29,31H,8-9,12-13,18,20-22H2,1-2H3,(H,38,41)(H,39,45)(H,40,46). The molecular weight excluding hydrogens is 578 g/mol. The van der Waals surface area contributed by atoms with Crippen molar-refractivity contribution in [2.75, 3.05) is 25.0 Å². The molecule has 3 amide bonds. The Morgan fingerprint density at radius 1 is 1.04 bits per heavy atom. The van der Waals surface area contributed by atoms with Gasteiger partial charge >= 0.3 is 6.03 Å². The number of imidazole rings is 1. The van der Waals surface area contributed by atoms with Gasteiger partial charge in [0.1, 0.15) is 5.82 Å². The highest BCUT2D eigenvalue weighted by atomic mass is 16.2. The van der Waals surface area contributed by atoms with Crippen molar-refractivity contribution in [2.24, 2.45) is 0 Å². The number of aromatic amines is 1. The number of anilines is 1. The average molecular weight is 618 g/mol. The van der Waals surface area contributed by atoms with Gasteiger partial charge in [-0.25, -0.2) is 9.78 Å². The lowest BCUT2D eigenvalue weighted by Gasteiger charge is -2.40. The van der Waals surface area contributed by atoms with Gasteiger partial charge in [-0.2, -0.15) is 5.10 Å². The molecule has 1 saturated heterocycles. The number of aromatic nitrogens is 5. The number of para-hydroxylation sites is 1. The van der Waals surface area contributed by atoms with Gasteiger partial charge in [-0.1, -0.05) is 24.3 Å². The highest BCUT2D eigenvalue weighted by Crippen LogP contribution is 2.28. The summed E-state index contributed by atoms with van der Waals surface area (Å²) in [5.74, 6) is 0.770. The molecule has 2 aromatic carbocycles. The van der Waals surface area contributed by atoms with Crippen LogP contribution < -0.4 is 10.6 Å². The molecular formula is C35H39N9O2. The molecule has 3 N–H and O–H groups in total. The lowest BCUT2D eigenvalue weighted by molar-refractivity contribution is -0.123. The van der Waals surface area contributed by atoms with Gasteiger partial charge in [0.25, 0.3) is 0 Å². The van der Waals surface area contributed by atoms with Gasteiger partial charge in [-0.05, 0) is 79.6 Å². The van der Waals surface area contributed by atoms with Crippen molar-refractivity contribution >= 4 is 28.5 Å². The van der Waals surface area contributed by atoms with Crippen LogP contribution in [0.25, 0.3) is 10.9 Å². The number of hydrogen-bond donors (Lipinski definition) is 3. The molecule has 3 aromatic heterocycles. The van der Waals surface area contributed by atoms with Crippen molar-refractivity contribution < 1.29 is 9.59 Å². The molecule has 2 aliphatic heterocycles. The van der Waals surface area contributed by atoms with Crippen molar-refractivity contribution in [1.82, 2.24) is 39.8 Å². The molecule has 7 rings (SSSR count). The summed E-state index contributed by atoms with van der Waals surface area (Å²) < 4.78 is 2.11. The second-order valence-corrected chi connectivity index (χ2v) is 12.5. The van der Waals surface area contributed by atoms with Gasteiger partial charge in [0, 0.05) is 67.6 Å². The highest BCUT2D eigenvalue weighted by Gasteiger charge is 2.32. The Kier molecular flexibility index (Phi) is 8.23. The van der Waals surface area contributed by atoms with Crippen LogP contribution in [0.15, 0.2) is 73.3 Å². The number of carbonyl (C=O) groups excluding carboxylic acids is 2. The maximum Gasteiger partial charge on any atom is 0.322 e. The zero-order valence-electron chi connectivity index (χ0n) is 26.2. The second-order valence-electron chi connectivity index (χ2n) is 12.5. The van der Waals surface area contributed by atoms with Crippen LogP contribution in [-0.4, -0.2) is 72.1 Å². The van der Waals surface area contributed by atoms with Crippen LogP contribution in [0.2, 0.25) is 0 Å². The maximum absolute atomic E-state index is 13.6. The molecule has 0 saturated carbocycles. The Labute approximate surface area is 268 Å². The van der Waals surface area contributed by atoms with E-state index in [2.05, 4.69) is 66.5 Å². The quantitative estimate of drug-likeness (QED) is 0.220. The number of nitrogens with one attached hydrogen (secondary N) is 3. The van der Waals surface area contributed by atoms with Crippen molar-refractivity contribution in [3.05, 3.63) is 107 Å². The van der Waals surface area contributed by atoms with E-state index < -0.39 is 0 Å². The number of carbonyl (C=O) groups is 2. The van der Waals surface area contributed by atoms with E-state index in [0.717, 1.165) is 76.3 Å². The van der Waals surface area contributed by atoms with Crippen LogP contribution in [0.3, 0.4) is 0 Å². The van der Waals surface area contributed by atoms with Gasteiger partial charge in [-0.3, -0.25) is 19.8 Å². The summed E-state index contributed by atoms with van der Waals surface area (Å²) in [5.41, 5.74) is 7.35. The van der Waals surface area contributed by atoms with Crippen LogP contribution >= 0.6 is 0 Å². The first-order valence-electron chi connectivity index (χ1n) is 15.9. The molecule has 0 aliphatic carbocycles. The summed E-state index contributed by atoms with van der Waals surface area (Å²) in [4.78, 5) is 39.7. The van der Waals surface area contributed by atoms with E-state index in [9.17, 15) is 9.59 Å². The number of nitrogens with zero attached hydrogens (tertiary/aromatic N) is 6. The van der Waals surface area contributed by atoms with Gasteiger partial charge in [0.15, 0.2) is 0 Å². The minimum absolute atomic E-state index is 0.0384. The number of urea groups is 1. The molecule has 5 aromatic rings. The summed E-state index contributed by atoms with van der Waals surface area (Å²) in [5, 5.41) is 14.7. The molecule has 0 spiro atoms. The molecule has 1 unspecified atom stereocenters. The second kappa shape index (κ2) is 12.8. The molecule has 236 valence electrons. The molecule has 1 fully saturated rings. The Morgan fingerprint density at radius 3 is 2.74 bits per heavy atom. The van der Waals surface area contributed by atoms with E-state index in [1.165, 1.54) is 0 Å². The number of likely N-dealkylation sites (tertiary alicyclic amines) is 1. The lowest BCUT2D eigenvalue weighted by atomic mass is 10.00. The van der Waals surface area contributed by atoms with Crippen LogP contribution in [-0.2, 0) is 24.3 Å². The lowest BCUT2D eigenvalue weighted by Crippen LogP contribution is -2.51. The first kappa shape index (κ1) is 29.7. The molecule has 11 heteroatoms. The normalized spacial score (nSPS) is 16.3. The number of benzene rings is 2. The minimum Gasteiger partial charge on any atom is -0.345 e. The largest absolute Gasteiger partial charge is 0.345 e. The van der Waals surface area contributed by atoms with Gasteiger partial charge in [0.05, 0.1) is 24.3 Å². The van der Waals surface area contributed by atoms with E-state index in [0.29, 0.717) is 26.1 Å². The van der Waals surface area contributed by atoms with Crippen molar-refractivity contribution in [2.45, 2.75) is 58.3 Å². The van der Waals surface area contributed by atoms with E-state index >= 15 is 0 Å². The summed E-state index contributed by atoms with van der Waals surface area (Å²) in [6, 6.07) is 16.1. The molecule has 2 aliphatic rings. The van der Waals surface area contributed by atoms with Gasteiger partial charge in [-0.15, -0.1) is 0 Å². The molecule has 11 nitrogen and oxygen atoms in total. The Hall–Kier alpha value is -5.03. The summed E-state index contributed by atoms with van der Waals surface area (Å²) >= 11 is 0. The third-order valence-corrected chi connectivity index (χ3v) is 9.18. The molecule has 46 heavy (non-hydrogen) atoms. The molecule has 5 heterocycles. The van der Waals surface area contributed by atoms with E-state index in [4.69, 9.17) is 4.98 Å². The number of aryl methyl sites for hydroxylation is 2. The fraction of sp³-hybridized carbons (Fsp3) is 0.343. The van der Waals surface area contributed by atoms with Crippen molar-refractivity contribution in [3.63, 3.8) is 0 Å². The Morgan fingerprint density at radius 2 is 1.89 bits per heavy atom. The number of rotatable bonds is 9. The third kappa shape index (κ3) is 6.36. The molecule has 0 radical (unpaired) electrons. The van der Waals surface area contributed by atoms with Crippen molar-refractivity contribution in [1.29, 1.82) is 0 Å². The van der Waals surface area contributed by atoms with E-state index in [-0.39, 0.29) is 24.0 Å². The van der Waals surface area contributed by atoms with Crippen molar-refractivity contribution in [3.8, 4) is 0 Å². The van der Waals surface area contributed by atoms with Crippen LogP contribution in [0.1, 0.15) is 52.7 Å². The number of pyridine rings is 1. The predicted octanol–water partition coefficient (Wildman–Crippen LogP) is 4.73. The van der Waals surface area contributed by atoms with Crippen LogP contribution in [0.4, 0.5) is 10.5 Å².